The van der Waals surface area contributed by atoms with Gasteiger partial charge in [0.05, 0.1) is 30.7 Å². The summed E-state index contributed by atoms with van der Waals surface area (Å²) in [5, 5.41) is 7.62. The van der Waals surface area contributed by atoms with E-state index in [1.807, 2.05) is 31.2 Å². The lowest BCUT2D eigenvalue weighted by atomic mass is 10.2. The minimum Gasteiger partial charge on any atom is -0.494 e. The first-order valence-corrected chi connectivity index (χ1v) is 11.1. The SMILES string of the molecule is CCOc1ccc(Oc2ccccc2NC(=O)Cc2csc(NC(=O)c3ccco3)n2)cc1. The zero-order valence-electron chi connectivity index (χ0n) is 17.7. The van der Waals surface area contributed by atoms with E-state index < -0.39 is 5.91 Å². The minimum absolute atomic E-state index is 0.0461. The zero-order chi connectivity index (χ0) is 23.0. The lowest BCUT2D eigenvalue weighted by molar-refractivity contribution is -0.115. The van der Waals surface area contributed by atoms with Gasteiger partial charge in [-0.15, -0.1) is 11.3 Å². The van der Waals surface area contributed by atoms with E-state index in [1.165, 1.54) is 17.6 Å². The number of nitrogens with zero attached hydrogens (tertiary/aromatic N) is 1. The summed E-state index contributed by atoms with van der Waals surface area (Å²) >= 11 is 1.23. The van der Waals surface area contributed by atoms with E-state index in [0.29, 0.717) is 34.6 Å². The second-order valence-corrected chi connectivity index (χ2v) is 7.66. The van der Waals surface area contributed by atoms with Crippen molar-refractivity contribution in [2.45, 2.75) is 13.3 Å². The van der Waals surface area contributed by atoms with Crippen LogP contribution in [0.5, 0.6) is 17.2 Å². The lowest BCUT2D eigenvalue weighted by Gasteiger charge is -2.12. The fourth-order valence-corrected chi connectivity index (χ4v) is 3.63. The smallest absolute Gasteiger partial charge is 0.293 e. The number of amides is 2. The molecule has 0 spiro atoms. The molecule has 4 rings (SSSR count). The number of benzene rings is 2. The number of hydrogen-bond donors (Lipinski definition) is 2. The largest absolute Gasteiger partial charge is 0.494 e. The molecule has 33 heavy (non-hydrogen) atoms. The predicted molar refractivity (Wildman–Crippen MR) is 125 cm³/mol. The monoisotopic (exact) mass is 463 g/mol. The molecular formula is C24H21N3O5S. The van der Waals surface area contributed by atoms with Gasteiger partial charge in [-0.25, -0.2) is 4.98 Å². The average molecular weight is 464 g/mol. The summed E-state index contributed by atoms with van der Waals surface area (Å²) in [6.07, 6.45) is 1.47. The van der Waals surface area contributed by atoms with Crippen LogP contribution in [0.3, 0.4) is 0 Å². The molecule has 0 atom stereocenters. The quantitative estimate of drug-likeness (QED) is 0.346. The Kier molecular flexibility index (Phi) is 7.01. The number of carbonyl (C=O) groups excluding carboxylic acids is 2. The molecule has 0 radical (unpaired) electrons. The van der Waals surface area contributed by atoms with Gasteiger partial charge in [-0.05, 0) is 55.5 Å². The van der Waals surface area contributed by atoms with E-state index in [2.05, 4.69) is 15.6 Å². The van der Waals surface area contributed by atoms with Crippen LogP contribution >= 0.6 is 11.3 Å². The van der Waals surface area contributed by atoms with Gasteiger partial charge in [-0.2, -0.15) is 0 Å². The van der Waals surface area contributed by atoms with Crippen molar-refractivity contribution >= 4 is 34.0 Å². The van der Waals surface area contributed by atoms with Gasteiger partial charge in [0, 0.05) is 5.38 Å². The molecule has 2 aromatic heterocycles. The fraction of sp³-hybridized carbons (Fsp3) is 0.125. The number of anilines is 2. The summed E-state index contributed by atoms with van der Waals surface area (Å²) in [6, 6.07) is 17.6. The maximum Gasteiger partial charge on any atom is 0.293 e. The summed E-state index contributed by atoms with van der Waals surface area (Å²) < 4.78 is 16.4. The summed E-state index contributed by atoms with van der Waals surface area (Å²) in [7, 11) is 0. The van der Waals surface area contributed by atoms with Crippen molar-refractivity contribution in [3.63, 3.8) is 0 Å². The van der Waals surface area contributed by atoms with Crippen LogP contribution in [0.1, 0.15) is 23.2 Å². The first kappa shape index (κ1) is 22.1. The Labute approximate surface area is 194 Å². The fourth-order valence-electron chi connectivity index (χ4n) is 2.93. The molecule has 168 valence electrons. The van der Waals surface area contributed by atoms with E-state index in [9.17, 15) is 9.59 Å². The highest BCUT2D eigenvalue weighted by atomic mass is 32.1. The van der Waals surface area contributed by atoms with E-state index in [0.717, 1.165) is 5.75 Å². The van der Waals surface area contributed by atoms with Crippen molar-refractivity contribution in [2.24, 2.45) is 0 Å². The Morgan fingerprint density at radius 2 is 1.79 bits per heavy atom. The molecule has 0 aliphatic rings. The third kappa shape index (κ3) is 5.98. The van der Waals surface area contributed by atoms with E-state index >= 15 is 0 Å². The maximum atomic E-state index is 12.6. The molecule has 0 saturated carbocycles. The Balaban J connectivity index is 1.36. The summed E-state index contributed by atoms with van der Waals surface area (Å²) in [4.78, 5) is 28.9. The molecule has 0 saturated heterocycles. The van der Waals surface area contributed by atoms with Crippen LogP contribution in [0.15, 0.2) is 76.7 Å². The van der Waals surface area contributed by atoms with Crippen LogP contribution in [0.4, 0.5) is 10.8 Å². The highest BCUT2D eigenvalue weighted by molar-refractivity contribution is 7.14. The van der Waals surface area contributed by atoms with Gasteiger partial charge in [-0.3, -0.25) is 14.9 Å². The number of ether oxygens (including phenoxy) is 2. The van der Waals surface area contributed by atoms with Crippen molar-refractivity contribution in [3.8, 4) is 17.2 Å². The van der Waals surface area contributed by atoms with Crippen molar-refractivity contribution in [2.75, 3.05) is 17.2 Å². The molecule has 9 heteroatoms. The number of hydrogen-bond acceptors (Lipinski definition) is 7. The molecule has 8 nitrogen and oxygen atoms in total. The van der Waals surface area contributed by atoms with Gasteiger partial charge in [0.1, 0.15) is 11.5 Å². The Bertz CT molecular complexity index is 1220. The molecule has 0 bridgehead atoms. The lowest BCUT2D eigenvalue weighted by Crippen LogP contribution is -2.15. The van der Waals surface area contributed by atoms with E-state index in [1.54, 1.807) is 41.8 Å². The molecule has 0 unspecified atom stereocenters. The Hall–Kier alpha value is -4.11. The van der Waals surface area contributed by atoms with Crippen LogP contribution < -0.4 is 20.1 Å². The van der Waals surface area contributed by atoms with Crippen molar-refractivity contribution in [1.82, 2.24) is 4.98 Å². The summed E-state index contributed by atoms with van der Waals surface area (Å²) in [6.45, 7) is 2.51. The molecule has 0 fully saturated rings. The highest BCUT2D eigenvalue weighted by Crippen LogP contribution is 2.30. The third-order valence-corrected chi connectivity index (χ3v) is 5.19. The van der Waals surface area contributed by atoms with E-state index in [4.69, 9.17) is 13.9 Å². The molecule has 0 aliphatic heterocycles. The van der Waals surface area contributed by atoms with Gasteiger partial charge in [0.2, 0.25) is 5.91 Å². The molecule has 4 aromatic rings. The second-order valence-electron chi connectivity index (χ2n) is 6.80. The highest BCUT2D eigenvalue weighted by Gasteiger charge is 2.14. The number of nitrogens with one attached hydrogen (secondary N) is 2. The van der Waals surface area contributed by atoms with E-state index in [-0.39, 0.29) is 18.1 Å². The minimum atomic E-state index is -0.397. The van der Waals surface area contributed by atoms with Crippen molar-refractivity contribution < 1.29 is 23.5 Å². The number of rotatable bonds is 9. The standard InChI is InChI=1S/C24H21N3O5S/c1-2-30-17-9-11-18(12-10-17)32-20-7-4-3-6-19(20)26-22(28)14-16-15-33-24(25-16)27-23(29)21-8-5-13-31-21/h3-13,15H,2,14H2,1H3,(H,26,28)(H,25,27,29). The molecule has 2 aromatic carbocycles. The molecule has 0 aliphatic carbocycles. The number of aromatic nitrogens is 1. The van der Waals surface area contributed by atoms with Crippen LogP contribution in [0.25, 0.3) is 0 Å². The first-order chi connectivity index (χ1) is 16.1. The Morgan fingerprint density at radius 3 is 2.55 bits per heavy atom. The Morgan fingerprint density at radius 1 is 1.00 bits per heavy atom. The number of furan rings is 1. The second kappa shape index (κ2) is 10.5. The topological polar surface area (TPSA) is 103 Å². The summed E-state index contributed by atoms with van der Waals surface area (Å²) in [5.74, 6) is 1.43. The van der Waals surface area contributed by atoms with Gasteiger partial charge in [0.15, 0.2) is 16.6 Å². The predicted octanol–water partition coefficient (Wildman–Crippen LogP) is 5.36. The van der Waals surface area contributed by atoms with Crippen LogP contribution in [-0.2, 0) is 11.2 Å². The van der Waals surface area contributed by atoms with Crippen LogP contribution in [0.2, 0.25) is 0 Å². The van der Waals surface area contributed by atoms with Crippen molar-refractivity contribution in [1.29, 1.82) is 0 Å². The normalized spacial score (nSPS) is 10.5. The first-order valence-electron chi connectivity index (χ1n) is 10.2. The van der Waals surface area contributed by atoms with Gasteiger partial charge in [-0.1, -0.05) is 12.1 Å². The average Bonchev–Trinajstić information content (AvgIpc) is 3.49. The maximum absolute atomic E-state index is 12.6. The number of para-hydroxylation sites is 2. The van der Waals surface area contributed by atoms with Crippen LogP contribution in [-0.4, -0.2) is 23.4 Å². The molecular weight excluding hydrogens is 442 g/mol. The van der Waals surface area contributed by atoms with Crippen LogP contribution in [0, 0.1) is 0 Å². The third-order valence-electron chi connectivity index (χ3n) is 4.38. The molecule has 2 heterocycles. The van der Waals surface area contributed by atoms with Crippen molar-refractivity contribution in [3.05, 3.63) is 83.8 Å². The van der Waals surface area contributed by atoms with Gasteiger partial charge >= 0.3 is 0 Å². The van der Waals surface area contributed by atoms with Gasteiger partial charge < -0.3 is 19.2 Å². The zero-order valence-corrected chi connectivity index (χ0v) is 18.6. The number of thiazole rings is 1. The number of carbonyl (C=O) groups is 2. The summed E-state index contributed by atoms with van der Waals surface area (Å²) in [5.41, 5.74) is 1.08. The van der Waals surface area contributed by atoms with Gasteiger partial charge in [0.25, 0.3) is 5.91 Å². The molecule has 2 amide bonds. The molecule has 2 N–H and O–H groups in total.